The summed E-state index contributed by atoms with van der Waals surface area (Å²) in [5.74, 6) is 0. The second-order valence-corrected chi connectivity index (χ2v) is 5.80. The van der Waals surface area contributed by atoms with Crippen molar-refractivity contribution in [3.05, 3.63) is 34.9 Å². The Labute approximate surface area is 117 Å². The van der Waals surface area contributed by atoms with Crippen molar-refractivity contribution in [3.63, 3.8) is 0 Å². The monoisotopic (exact) mass is 261 g/mol. The topological polar surface area (TPSA) is 27.3 Å². The van der Waals surface area contributed by atoms with E-state index in [1.807, 2.05) is 0 Å². The molecule has 2 rings (SSSR count). The van der Waals surface area contributed by atoms with Gasteiger partial charge in [-0.2, -0.15) is 0 Å². The average molecular weight is 261 g/mol. The first-order chi connectivity index (χ1) is 9.15. The average Bonchev–Trinajstić information content (AvgIpc) is 2.37. The number of nitrogens with zero attached hydrogens (tertiary/aromatic N) is 1. The zero-order valence-electron chi connectivity index (χ0n) is 12.5. The smallest absolute Gasteiger partial charge is 0.0320 e. The third-order valence-corrected chi connectivity index (χ3v) is 3.92. The van der Waals surface area contributed by atoms with Gasteiger partial charge in [-0.1, -0.05) is 23.8 Å². The van der Waals surface area contributed by atoms with Gasteiger partial charge in [0.1, 0.15) is 0 Å². The summed E-state index contributed by atoms with van der Waals surface area (Å²) in [5.41, 5.74) is 4.23. The Bertz CT molecular complexity index is 403. The van der Waals surface area contributed by atoms with Gasteiger partial charge in [0.2, 0.25) is 0 Å². The number of likely N-dealkylation sites (N-methyl/N-ethyl adjacent to an activating group) is 1. The number of benzene rings is 1. The summed E-state index contributed by atoms with van der Waals surface area (Å²) >= 11 is 0. The molecule has 1 heterocycles. The van der Waals surface area contributed by atoms with E-state index in [4.69, 9.17) is 0 Å². The minimum absolute atomic E-state index is 0.595. The van der Waals surface area contributed by atoms with Gasteiger partial charge in [-0.05, 0) is 45.0 Å². The standard InChI is InChI=1S/C16H27N3/c1-13-4-5-15(14(2)10-13)6-7-17-11-16-12-19(3)9-8-18-16/h4-5,10,16-18H,6-9,11-12H2,1-3H3. The minimum Gasteiger partial charge on any atom is -0.315 e. The quantitative estimate of drug-likeness (QED) is 0.783. The third kappa shape index (κ3) is 4.60. The molecule has 1 aromatic rings. The van der Waals surface area contributed by atoms with Gasteiger partial charge in [0.05, 0.1) is 0 Å². The van der Waals surface area contributed by atoms with Crippen LogP contribution >= 0.6 is 0 Å². The van der Waals surface area contributed by atoms with Gasteiger partial charge in [0, 0.05) is 32.2 Å². The lowest BCUT2D eigenvalue weighted by Gasteiger charge is -2.31. The summed E-state index contributed by atoms with van der Waals surface area (Å²) in [7, 11) is 2.20. The first-order valence-corrected chi connectivity index (χ1v) is 7.34. The fraction of sp³-hybridized carbons (Fsp3) is 0.625. The van der Waals surface area contributed by atoms with Crippen LogP contribution < -0.4 is 10.6 Å². The Morgan fingerprint density at radius 3 is 2.95 bits per heavy atom. The highest BCUT2D eigenvalue weighted by Crippen LogP contribution is 2.10. The van der Waals surface area contributed by atoms with Crippen LogP contribution in [0.25, 0.3) is 0 Å². The minimum atomic E-state index is 0.595. The van der Waals surface area contributed by atoms with Gasteiger partial charge in [-0.3, -0.25) is 0 Å². The number of nitrogens with one attached hydrogen (secondary N) is 2. The van der Waals surface area contributed by atoms with Crippen LogP contribution in [0.15, 0.2) is 18.2 Å². The van der Waals surface area contributed by atoms with Crippen LogP contribution in [-0.4, -0.2) is 50.7 Å². The van der Waals surface area contributed by atoms with Crippen molar-refractivity contribution in [1.29, 1.82) is 0 Å². The SMILES string of the molecule is Cc1ccc(CCNCC2CN(C)CCN2)c(C)c1. The van der Waals surface area contributed by atoms with E-state index in [0.29, 0.717) is 6.04 Å². The zero-order chi connectivity index (χ0) is 13.7. The normalized spacial score (nSPS) is 20.7. The Balaban J connectivity index is 1.69. The van der Waals surface area contributed by atoms with E-state index in [1.165, 1.54) is 23.2 Å². The maximum Gasteiger partial charge on any atom is 0.0320 e. The van der Waals surface area contributed by atoms with E-state index in [0.717, 1.165) is 32.6 Å². The molecule has 106 valence electrons. The van der Waals surface area contributed by atoms with Crippen LogP contribution in [0.3, 0.4) is 0 Å². The molecular weight excluding hydrogens is 234 g/mol. The Morgan fingerprint density at radius 2 is 2.21 bits per heavy atom. The van der Waals surface area contributed by atoms with Crippen molar-refractivity contribution in [3.8, 4) is 0 Å². The van der Waals surface area contributed by atoms with Crippen molar-refractivity contribution in [2.75, 3.05) is 39.8 Å². The lowest BCUT2D eigenvalue weighted by molar-refractivity contribution is 0.235. The number of hydrogen-bond donors (Lipinski definition) is 2. The molecule has 3 heteroatoms. The lowest BCUT2D eigenvalue weighted by atomic mass is 10.0. The Hall–Kier alpha value is -0.900. The highest BCUT2D eigenvalue weighted by atomic mass is 15.2. The second-order valence-electron chi connectivity index (χ2n) is 5.80. The third-order valence-electron chi connectivity index (χ3n) is 3.92. The molecule has 0 aliphatic carbocycles. The van der Waals surface area contributed by atoms with E-state index in [2.05, 4.69) is 54.6 Å². The van der Waals surface area contributed by atoms with Gasteiger partial charge in [-0.25, -0.2) is 0 Å². The van der Waals surface area contributed by atoms with Gasteiger partial charge < -0.3 is 15.5 Å². The molecule has 1 atom stereocenters. The van der Waals surface area contributed by atoms with Crippen molar-refractivity contribution < 1.29 is 0 Å². The summed E-state index contributed by atoms with van der Waals surface area (Å²) in [5, 5.41) is 7.14. The van der Waals surface area contributed by atoms with Crippen LogP contribution in [0, 0.1) is 13.8 Å². The van der Waals surface area contributed by atoms with Gasteiger partial charge in [0.25, 0.3) is 0 Å². The van der Waals surface area contributed by atoms with Crippen LogP contribution in [0.4, 0.5) is 0 Å². The van der Waals surface area contributed by atoms with E-state index in [9.17, 15) is 0 Å². The molecule has 0 spiro atoms. The second kappa shape index (κ2) is 7.04. The molecule has 3 nitrogen and oxygen atoms in total. The number of piperazine rings is 1. The highest BCUT2D eigenvalue weighted by Gasteiger charge is 2.15. The van der Waals surface area contributed by atoms with Gasteiger partial charge >= 0.3 is 0 Å². The largest absolute Gasteiger partial charge is 0.315 e. The number of hydrogen-bond acceptors (Lipinski definition) is 3. The summed E-state index contributed by atoms with van der Waals surface area (Å²) in [6, 6.07) is 7.34. The van der Waals surface area contributed by atoms with E-state index < -0.39 is 0 Å². The van der Waals surface area contributed by atoms with Crippen molar-refractivity contribution in [2.24, 2.45) is 0 Å². The zero-order valence-corrected chi connectivity index (χ0v) is 12.5. The van der Waals surface area contributed by atoms with Crippen molar-refractivity contribution in [1.82, 2.24) is 15.5 Å². The summed E-state index contributed by atoms with van der Waals surface area (Å²) in [6.07, 6.45) is 1.12. The molecule has 0 bridgehead atoms. The van der Waals surface area contributed by atoms with E-state index in [1.54, 1.807) is 0 Å². The Morgan fingerprint density at radius 1 is 1.37 bits per heavy atom. The maximum atomic E-state index is 3.58. The molecule has 0 radical (unpaired) electrons. The molecule has 19 heavy (non-hydrogen) atoms. The molecule has 1 aliphatic rings. The molecule has 1 aliphatic heterocycles. The van der Waals surface area contributed by atoms with E-state index in [-0.39, 0.29) is 0 Å². The highest BCUT2D eigenvalue weighted by molar-refractivity contribution is 5.30. The van der Waals surface area contributed by atoms with Crippen LogP contribution in [0.5, 0.6) is 0 Å². The molecule has 1 aromatic carbocycles. The van der Waals surface area contributed by atoms with Crippen molar-refractivity contribution in [2.45, 2.75) is 26.3 Å². The molecule has 2 N–H and O–H groups in total. The first kappa shape index (κ1) is 14.5. The predicted molar refractivity (Wildman–Crippen MR) is 81.8 cm³/mol. The molecule has 1 fully saturated rings. The molecule has 0 aromatic heterocycles. The number of rotatable bonds is 5. The fourth-order valence-corrected chi connectivity index (χ4v) is 2.75. The summed E-state index contributed by atoms with van der Waals surface area (Å²) < 4.78 is 0. The lowest BCUT2D eigenvalue weighted by Crippen LogP contribution is -2.53. The molecule has 0 amide bonds. The van der Waals surface area contributed by atoms with Crippen LogP contribution in [-0.2, 0) is 6.42 Å². The molecule has 1 saturated heterocycles. The van der Waals surface area contributed by atoms with Crippen LogP contribution in [0.2, 0.25) is 0 Å². The fourth-order valence-electron chi connectivity index (χ4n) is 2.75. The number of aryl methyl sites for hydroxylation is 2. The van der Waals surface area contributed by atoms with Crippen molar-refractivity contribution >= 4 is 0 Å². The van der Waals surface area contributed by atoms with Gasteiger partial charge in [-0.15, -0.1) is 0 Å². The molecule has 0 saturated carbocycles. The van der Waals surface area contributed by atoms with Gasteiger partial charge in [0.15, 0.2) is 0 Å². The maximum absolute atomic E-state index is 3.58. The summed E-state index contributed by atoms with van der Waals surface area (Å²) in [4.78, 5) is 2.40. The van der Waals surface area contributed by atoms with Crippen LogP contribution in [0.1, 0.15) is 16.7 Å². The summed E-state index contributed by atoms with van der Waals surface area (Å²) in [6.45, 7) is 9.91. The Kier molecular flexibility index (Phi) is 5.37. The molecular formula is C16H27N3. The first-order valence-electron chi connectivity index (χ1n) is 7.34. The van der Waals surface area contributed by atoms with E-state index >= 15 is 0 Å². The molecule has 1 unspecified atom stereocenters. The predicted octanol–water partition coefficient (Wildman–Crippen LogP) is 1.34.